The van der Waals surface area contributed by atoms with Gasteiger partial charge in [-0.15, -0.1) is 22.7 Å². The summed E-state index contributed by atoms with van der Waals surface area (Å²) in [4.78, 5) is 19.0. The molecular formula is C18H15FN2O2S2. The van der Waals surface area contributed by atoms with Gasteiger partial charge in [0, 0.05) is 27.8 Å². The van der Waals surface area contributed by atoms with E-state index in [1.165, 1.54) is 23.5 Å². The van der Waals surface area contributed by atoms with Crippen LogP contribution in [0.3, 0.4) is 0 Å². The van der Waals surface area contributed by atoms with Gasteiger partial charge in [-0.1, -0.05) is 12.1 Å². The average Bonchev–Trinajstić information content (AvgIpc) is 3.23. The number of thiazole rings is 1. The quantitative estimate of drug-likeness (QED) is 0.742. The molecule has 7 heteroatoms. The van der Waals surface area contributed by atoms with E-state index >= 15 is 0 Å². The van der Waals surface area contributed by atoms with Crippen LogP contribution >= 0.6 is 22.7 Å². The van der Waals surface area contributed by atoms with E-state index in [2.05, 4.69) is 10.3 Å². The highest BCUT2D eigenvalue weighted by Crippen LogP contribution is 2.29. The number of nitrogens with zero attached hydrogens (tertiary/aromatic N) is 1. The second kappa shape index (κ2) is 7.03. The molecule has 0 bridgehead atoms. The summed E-state index contributed by atoms with van der Waals surface area (Å²) in [6, 6.07) is 6.41. The van der Waals surface area contributed by atoms with E-state index in [-0.39, 0.29) is 11.7 Å². The first-order valence-electron chi connectivity index (χ1n) is 7.86. The summed E-state index contributed by atoms with van der Waals surface area (Å²) in [5, 5.41) is 5.35. The van der Waals surface area contributed by atoms with Crippen LogP contribution in [-0.4, -0.2) is 17.5 Å². The number of halogens is 1. The zero-order chi connectivity index (χ0) is 17.2. The molecule has 1 aliphatic rings. The molecule has 1 N–H and O–H groups in total. The van der Waals surface area contributed by atoms with Gasteiger partial charge in [-0.2, -0.15) is 0 Å². The number of hydrogen-bond acceptors (Lipinski definition) is 5. The summed E-state index contributed by atoms with van der Waals surface area (Å²) in [5.41, 5.74) is 2.82. The first kappa shape index (κ1) is 16.4. The lowest BCUT2D eigenvalue weighted by Crippen LogP contribution is -2.16. The third-order valence-corrected chi connectivity index (χ3v) is 5.94. The number of rotatable bonds is 4. The Morgan fingerprint density at radius 2 is 2.16 bits per heavy atom. The number of aromatic nitrogens is 1. The topological polar surface area (TPSA) is 51.2 Å². The summed E-state index contributed by atoms with van der Waals surface area (Å²) in [7, 11) is 0. The first-order valence-corrected chi connectivity index (χ1v) is 9.56. The molecule has 0 aliphatic carbocycles. The van der Waals surface area contributed by atoms with Crippen molar-refractivity contribution in [2.24, 2.45) is 0 Å². The average molecular weight is 374 g/mol. The Balaban J connectivity index is 1.45. The number of carbonyl (C=O) groups is 1. The number of carbonyl (C=O) groups excluding carboxylic acids is 1. The Bertz CT molecular complexity index is 902. The van der Waals surface area contributed by atoms with Gasteiger partial charge >= 0.3 is 0 Å². The van der Waals surface area contributed by atoms with E-state index in [9.17, 15) is 9.18 Å². The summed E-state index contributed by atoms with van der Waals surface area (Å²) >= 11 is 3.00. The highest BCUT2D eigenvalue weighted by Gasteiger charge is 2.21. The lowest BCUT2D eigenvalue weighted by Gasteiger charge is -2.13. The Morgan fingerprint density at radius 3 is 3.00 bits per heavy atom. The van der Waals surface area contributed by atoms with Gasteiger partial charge in [-0.05, 0) is 29.7 Å². The molecule has 1 aromatic carbocycles. The van der Waals surface area contributed by atoms with Crippen LogP contribution in [0.1, 0.15) is 31.2 Å². The Labute approximate surface area is 152 Å². The highest BCUT2D eigenvalue weighted by atomic mass is 32.1. The lowest BCUT2D eigenvalue weighted by atomic mass is 10.1. The Morgan fingerprint density at radius 1 is 1.32 bits per heavy atom. The van der Waals surface area contributed by atoms with E-state index in [1.54, 1.807) is 29.7 Å². The van der Waals surface area contributed by atoms with Crippen molar-refractivity contribution < 1.29 is 13.9 Å². The van der Waals surface area contributed by atoms with Crippen LogP contribution in [-0.2, 0) is 24.2 Å². The smallest absolute Gasteiger partial charge is 0.258 e. The molecule has 0 fully saturated rings. The van der Waals surface area contributed by atoms with Gasteiger partial charge in [-0.3, -0.25) is 10.1 Å². The van der Waals surface area contributed by atoms with Crippen LogP contribution in [0.2, 0.25) is 0 Å². The molecule has 0 atom stereocenters. The maximum Gasteiger partial charge on any atom is 0.258 e. The zero-order valence-corrected chi connectivity index (χ0v) is 14.9. The van der Waals surface area contributed by atoms with Crippen LogP contribution in [0.4, 0.5) is 9.52 Å². The molecule has 4 rings (SSSR count). The molecule has 4 nitrogen and oxygen atoms in total. The molecule has 1 amide bonds. The van der Waals surface area contributed by atoms with Crippen LogP contribution < -0.4 is 5.32 Å². The largest absolute Gasteiger partial charge is 0.376 e. The van der Waals surface area contributed by atoms with Gasteiger partial charge in [0.2, 0.25) is 0 Å². The van der Waals surface area contributed by atoms with E-state index in [1.807, 2.05) is 5.38 Å². The second-order valence-electron chi connectivity index (χ2n) is 5.74. The molecule has 0 radical (unpaired) electrons. The number of fused-ring (bicyclic) bond motifs is 1. The number of hydrogen-bond donors (Lipinski definition) is 1. The highest BCUT2D eigenvalue weighted by molar-refractivity contribution is 7.15. The minimum atomic E-state index is -0.245. The predicted molar refractivity (Wildman–Crippen MR) is 97.0 cm³/mol. The van der Waals surface area contributed by atoms with Gasteiger partial charge in [0.25, 0.3) is 5.91 Å². The fraction of sp³-hybridized carbons (Fsp3) is 0.222. The van der Waals surface area contributed by atoms with Crippen molar-refractivity contribution in [2.75, 3.05) is 11.9 Å². The molecule has 0 spiro atoms. The molecule has 0 saturated heterocycles. The van der Waals surface area contributed by atoms with E-state index in [4.69, 9.17) is 4.74 Å². The molecule has 3 heterocycles. The number of ether oxygens (including phenoxy) is 1. The molecule has 2 aromatic heterocycles. The number of anilines is 1. The maximum atomic E-state index is 13.0. The fourth-order valence-electron chi connectivity index (χ4n) is 2.76. The summed E-state index contributed by atoms with van der Waals surface area (Å²) in [5.74, 6) is -0.368. The van der Waals surface area contributed by atoms with Crippen LogP contribution in [0, 0.1) is 5.82 Å². The van der Waals surface area contributed by atoms with Gasteiger partial charge in [0.05, 0.1) is 18.8 Å². The third kappa shape index (κ3) is 3.63. The van der Waals surface area contributed by atoms with Gasteiger partial charge in [0.1, 0.15) is 5.82 Å². The minimum absolute atomic E-state index is 0.123. The molecule has 128 valence electrons. The van der Waals surface area contributed by atoms with Crippen molar-refractivity contribution in [1.29, 1.82) is 0 Å². The lowest BCUT2D eigenvalue weighted by molar-refractivity contribution is 0.101. The molecule has 25 heavy (non-hydrogen) atoms. The minimum Gasteiger partial charge on any atom is -0.376 e. The number of thiophene rings is 1. The molecule has 0 saturated carbocycles. The predicted octanol–water partition coefficient (Wildman–Crippen LogP) is 4.26. The summed E-state index contributed by atoms with van der Waals surface area (Å²) in [6.45, 7) is 1.25. The maximum absolute atomic E-state index is 13.0. The van der Waals surface area contributed by atoms with E-state index in [0.29, 0.717) is 24.8 Å². The Kier molecular flexibility index (Phi) is 4.61. The first-order chi connectivity index (χ1) is 12.2. The normalized spacial score (nSPS) is 13.5. The van der Waals surface area contributed by atoms with Crippen molar-refractivity contribution in [1.82, 2.24) is 4.98 Å². The SMILES string of the molecule is O=C(Nc1ncc(Cc2ccc(F)cc2)s1)c1csc2c1CCOC2. The van der Waals surface area contributed by atoms with Gasteiger partial charge in [-0.25, -0.2) is 9.37 Å². The van der Waals surface area contributed by atoms with Gasteiger partial charge in [0.15, 0.2) is 5.13 Å². The zero-order valence-electron chi connectivity index (χ0n) is 13.3. The fourth-order valence-corrected chi connectivity index (χ4v) is 4.62. The van der Waals surface area contributed by atoms with Crippen molar-refractivity contribution in [3.05, 3.63) is 68.1 Å². The number of benzene rings is 1. The van der Waals surface area contributed by atoms with Crippen LogP contribution in [0.25, 0.3) is 0 Å². The monoisotopic (exact) mass is 374 g/mol. The second-order valence-corrected chi connectivity index (χ2v) is 7.82. The van der Waals surface area contributed by atoms with Crippen molar-refractivity contribution in [3.8, 4) is 0 Å². The van der Waals surface area contributed by atoms with E-state index in [0.717, 1.165) is 32.9 Å². The van der Waals surface area contributed by atoms with Crippen molar-refractivity contribution in [2.45, 2.75) is 19.4 Å². The van der Waals surface area contributed by atoms with Crippen LogP contribution in [0.5, 0.6) is 0 Å². The molecule has 3 aromatic rings. The summed E-state index contributed by atoms with van der Waals surface area (Å²) in [6.07, 6.45) is 3.19. The number of amides is 1. The molecule has 1 aliphatic heterocycles. The number of nitrogens with one attached hydrogen (secondary N) is 1. The van der Waals surface area contributed by atoms with Gasteiger partial charge < -0.3 is 4.74 Å². The molecule has 0 unspecified atom stereocenters. The standard InChI is InChI=1S/C18H15FN2O2S2/c19-12-3-1-11(2-4-12)7-13-8-20-18(25-13)21-17(22)15-10-24-16-9-23-6-5-14(15)16/h1-4,8,10H,5-7,9H2,(H,20,21,22). The third-order valence-electron chi connectivity index (χ3n) is 4.02. The summed E-state index contributed by atoms with van der Waals surface area (Å²) < 4.78 is 18.4. The Hall–Kier alpha value is -2.09. The molecular weight excluding hydrogens is 359 g/mol. The van der Waals surface area contributed by atoms with Crippen LogP contribution in [0.15, 0.2) is 35.8 Å². The van der Waals surface area contributed by atoms with E-state index < -0.39 is 0 Å². The van der Waals surface area contributed by atoms with Crippen molar-refractivity contribution >= 4 is 33.7 Å². The van der Waals surface area contributed by atoms with Crippen molar-refractivity contribution in [3.63, 3.8) is 0 Å².